The molecule has 2 aromatic carbocycles. The van der Waals surface area contributed by atoms with Gasteiger partial charge >= 0.3 is 0 Å². The lowest BCUT2D eigenvalue weighted by Gasteiger charge is -2.10. The van der Waals surface area contributed by atoms with Gasteiger partial charge in [0.05, 0.1) is 6.54 Å². The van der Waals surface area contributed by atoms with Crippen LogP contribution in [0.25, 0.3) is 10.8 Å². The zero-order chi connectivity index (χ0) is 13.8. The number of amides is 2. The number of nitrogens with zero attached hydrogens (tertiary/aromatic N) is 1. The second kappa shape index (κ2) is 5.63. The van der Waals surface area contributed by atoms with Gasteiger partial charge in [-0.2, -0.15) is 0 Å². The fraction of sp³-hybridized carbons (Fsp3) is 0.200. The average Bonchev–Trinajstić information content (AvgIpc) is 2.36. The van der Waals surface area contributed by atoms with Crippen molar-refractivity contribution in [1.82, 2.24) is 10.2 Å². The van der Waals surface area contributed by atoms with E-state index in [1.165, 1.54) is 0 Å². The van der Waals surface area contributed by atoms with Crippen LogP contribution >= 0.6 is 0 Å². The molecule has 2 amide bonds. The average molecular weight is 256 g/mol. The van der Waals surface area contributed by atoms with E-state index in [-0.39, 0.29) is 18.4 Å². The molecule has 98 valence electrons. The Balaban J connectivity index is 2.24. The van der Waals surface area contributed by atoms with E-state index in [9.17, 15) is 9.59 Å². The predicted octanol–water partition coefficient (Wildman–Crippen LogP) is 1.66. The first-order valence-electron chi connectivity index (χ1n) is 6.04. The minimum Gasteiger partial charge on any atom is -0.301 e. The van der Waals surface area contributed by atoms with E-state index in [4.69, 9.17) is 0 Å². The minimum absolute atomic E-state index is 0.191. The van der Waals surface area contributed by atoms with Gasteiger partial charge in [-0.15, -0.1) is 0 Å². The molecular weight excluding hydrogens is 240 g/mol. The second-order valence-electron chi connectivity index (χ2n) is 4.64. The molecular formula is C15H16N2O2. The molecule has 0 saturated carbocycles. The Kier molecular flexibility index (Phi) is 3.92. The molecule has 0 heterocycles. The fourth-order valence-corrected chi connectivity index (χ4v) is 1.94. The van der Waals surface area contributed by atoms with Crippen LogP contribution in [0.3, 0.4) is 0 Å². The topological polar surface area (TPSA) is 49.4 Å². The largest absolute Gasteiger partial charge is 0.301 e. The van der Waals surface area contributed by atoms with Crippen molar-refractivity contribution in [2.24, 2.45) is 0 Å². The van der Waals surface area contributed by atoms with E-state index >= 15 is 0 Å². The van der Waals surface area contributed by atoms with Crippen molar-refractivity contribution in [3.63, 3.8) is 0 Å². The van der Waals surface area contributed by atoms with Gasteiger partial charge in [0, 0.05) is 5.56 Å². The Hall–Kier alpha value is -2.20. The van der Waals surface area contributed by atoms with Gasteiger partial charge < -0.3 is 4.90 Å². The number of hydrogen-bond acceptors (Lipinski definition) is 3. The van der Waals surface area contributed by atoms with Crippen LogP contribution in [0.2, 0.25) is 0 Å². The molecule has 0 fully saturated rings. The Morgan fingerprint density at radius 1 is 1.05 bits per heavy atom. The molecule has 0 atom stereocenters. The van der Waals surface area contributed by atoms with Crippen LogP contribution in [-0.4, -0.2) is 37.4 Å². The predicted molar refractivity (Wildman–Crippen MR) is 75.0 cm³/mol. The number of likely N-dealkylation sites (N-methyl/N-ethyl adjacent to an activating group) is 1. The van der Waals surface area contributed by atoms with Crippen LogP contribution in [0.5, 0.6) is 0 Å². The van der Waals surface area contributed by atoms with Crippen LogP contribution in [0.15, 0.2) is 42.5 Å². The normalized spacial score (nSPS) is 10.7. The van der Waals surface area contributed by atoms with Crippen molar-refractivity contribution in [3.8, 4) is 0 Å². The molecule has 2 aromatic rings. The zero-order valence-electron chi connectivity index (χ0n) is 11.0. The summed E-state index contributed by atoms with van der Waals surface area (Å²) in [7, 11) is 3.56. The molecule has 0 saturated heterocycles. The van der Waals surface area contributed by atoms with Crippen LogP contribution < -0.4 is 5.32 Å². The zero-order valence-corrected chi connectivity index (χ0v) is 11.0. The third-order valence-electron chi connectivity index (χ3n) is 2.75. The standard InChI is InChI=1S/C15H16N2O2/c1-17(2)10-14(18)16-15(19)13-9-5-7-11-6-3-4-8-12(11)13/h3-9H,10H2,1-2H3,(H,16,18,19). The number of carbonyl (C=O) groups is 2. The van der Waals surface area contributed by atoms with Crippen molar-refractivity contribution in [2.75, 3.05) is 20.6 Å². The number of hydrogen-bond donors (Lipinski definition) is 1. The van der Waals surface area contributed by atoms with Gasteiger partial charge in [-0.05, 0) is 30.9 Å². The molecule has 4 nitrogen and oxygen atoms in total. The summed E-state index contributed by atoms with van der Waals surface area (Å²) in [5.74, 6) is -0.661. The lowest BCUT2D eigenvalue weighted by molar-refractivity contribution is -0.120. The summed E-state index contributed by atoms with van der Waals surface area (Å²) in [5, 5.41) is 4.23. The Labute approximate surface area is 112 Å². The molecule has 2 rings (SSSR count). The van der Waals surface area contributed by atoms with Gasteiger partial charge in [-0.3, -0.25) is 14.9 Å². The maximum atomic E-state index is 12.1. The summed E-state index contributed by atoms with van der Waals surface area (Å²) < 4.78 is 0. The summed E-state index contributed by atoms with van der Waals surface area (Å²) in [6.07, 6.45) is 0. The van der Waals surface area contributed by atoms with Gasteiger partial charge in [-0.1, -0.05) is 36.4 Å². The first-order valence-corrected chi connectivity index (χ1v) is 6.04. The van der Waals surface area contributed by atoms with Crippen molar-refractivity contribution < 1.29 is 9.59 Å². The number of rotatable bonds is 3. The molecule has 0 aliphatic carbocycles. The molecule has 0 spiro atoms. The summed E-state index contributed by atoms with van der Waals surface area (Å²) in [4.78, 5) is 25.4. The van der Waals surface area contributed by atoms with Crippen molar-refractivity contribution >= 4 is 22.6 Å². The highest BCUT2D eigenvalue weighted by Gasteiger charge is 2.13. The molecule has 19 heavy (non-hydrogen) atoms. The number of imide groups is 1. The number of carbonyl (C=O) groups excluding carboxylic acids is 2. The van der Waals surface area contributed by atoms with Gasteiger partial charge in [0.15, 0.2) is 0 Å². The highest BCUT2D eigenvalue weighted by Crippen LogP contribution is 2.18. The molecule has 0 radical (unpaired) electrons. The van der Waals surface area contributed by atoms with Gasteiger partial charge in [0.2, 0.25) is 5.91 Å². The van der Waals surface area contributed by atoms with Gasteiger partial charge in [0.1, 0.15) is 0 Å². The van der Waals surface area contributed by atoms with E-state index in [1.54, 1.807) is 25.1 Å². The highest BCUT2D eigenvalue weighted by atomic mass is 16.2. The van der Waals surface area contributed by atoms with Gasteiger partial charge in [-0.25, -0.2) is 0 Å². The maximum absolute atomic E-state index is 12.1. The van der Waals surface area contributed by atoms with Crippen molar-refractivity contribution in [1.29, 1.82) is 0 Å². The summed E-state index contributed by atoms with van der Waals surface area (Å²) in [6, 6.07) is 13.1. The Morgan fingerprint density at radius 3 is 2.47 bits per heavy atom. The second-order valence-corrected chi connectivity index (χ2v) is 4.64. The number of fused-ring (bicyclic) bond motifs is 1. The summed E-state index contributed by atoms with van der Waals surface area (Å²) >= 11 is 0. The van der Waals surface area contributed by atoms with Crippen LogP contribution in [0.4, 0.5) is 0 Å². The van der Waals surface area contributed by atoms with Gasteiger partial charge in [0.25, 0.3) is 5.91 Å². The quantitative estimate of drug-likeness (QED) is 0.908. The number of nitrogens with one attached hydrogen (secondary N) is 1. The first kappa shape index (κ1) is 13.2. The third-order valence-corrected chi connectivity index (χ3v) is 2.75. The van der Waals surface area contributed by atoms with Crippen molar-refractivity contribution in [3.05, 3.63) is 48.0 Å². The SMILES string of the molecule is CN(C)CC(=O)NC(=O)c1cccc2ccccc12. The monoisotopic (exact) mass is 256 g/mol. The molecule has 0 unspecified atom stereocenters. The number of benzene rings is 2. The van der Waals surface area contributed by atoms with Crippen LogP contribution in [0, 0.1) is 0 Å². The van der Waals surface area contributed by atoms with Crippen LogP contribution in [0.1, 0.15) is 10.4 Å². The van der Waals surface area contributed by atoms with Crippen LogP contribution in [-0.2, 0) is 4.79 Å². The molecule has 0 bridgehead atoms. The summed E-state index contributed by atoms with van der Waals surface area (Å²) in [5.41, 5.74) is 0.519. The Morgan fingerprint density at radius 2 is 1.74 bits per heavy atom. The summed E-state index contributed by atoms with van der Waals surface area (Å²) in [6.45, 7) is 0.191. The minimum atomic E-state index is -0.358. The smallest absolute Gasteiger partial charge is 0.258 e. The lowest BCUT2D eigenvalue weighted by atomic mass is 10.0. The lowest BCUT2D eigenvalue weighted by Crippen LogP contribution is -2.37. The maximum Gasteiger partial charge on any atom is 0.258 e. The third kappa shape index (κ3) is 3.17. The van der Waals surface area contributed by atoms with E-state index in [2.05, 4.69) is 5.32 Å². The molecule has 0 aromatic heterocycles. The molecule has 4 heteroatoms. The molecule has 0 aliphatic heterocycles. The van der Waals surface area contributed by atoms with E-state index in [0.29, 0.717) is 5.56 Å². The first-order chi connectivity index (χ1) is 9.08. The molecule has 1 N–H and O–H groups in total. The fourth-order valence-electron chi connectivity index (χ4n) is 1.94. The van der Waals surface area contributed by atoms with E-state index in [0.717, 1.165) is 10.8 Å². The van der Waals surface area contributed by atoms with Crippen molar-refractivity contribution in [2.45, 2.75) is 0 Å². The Bertz CT molecular complexity index is 615. The van der Waals surface area contributed by atoms with E-state index < -0.39 is 0 Å². The highest BCUT2D eigenvalue weighted by molar-refractivity contribution is 6.12. The van der Waals surface area contributed by atoms with E-state index in [1.807, 2.05) is 36.4 Å². The molecule has 0 aliphatic rings.